The molecule has 15 heavy (non-hydrogen) atoms. The zero-order chi connectivity index (χ0) is 10.7. The predicted molar refractivity (Wildman–Crippen MR) is 65.9 cm³/mol. The largest absolute Gasteiger partial charge is 0.316 e. The lowest BCUT2D eigenvalue weighted by molar-refractivity contribution is 0.0668. The summed E-state index contributed by atoms with van der Waals surface area (Å²) in [5.41, 5.74) is 0.659. The lowest BCUT2D eigenvalue weighted by Gasteiger charge is -2.45. The monoisotopic (exact) mass is 209 g/mol. The van der Waals surface area contributed by atoms with E-state index in [0.29, 0.717) is 5.41 Å². The maximum absolute atomic E-state index is 3.58. The van der Waals surface area contributed by atoms with Crippen molar-refractivity contribution in [3.8, 4) is 0 Å². The van der Waals surface area contributed by atoms with Crippen LogP contribution in [0.3, 0.4) is 0 Å². The fourth-order valence-electron chi connectivity index (χ4n) is 3.52. The first-order chi connectivity index (χ1) is 7.24. The average molecular weight is 209 g/mol. The average Bonchev–Trinajstić information content (AvgIpc) is 2.16. The summed E-state index contributed by atoms with van der Waals surface area (Å²) in [6, 6.07) is 0. The van der Waals surface area contributed by atoms with Crippen molar-refractivity contribution in [2.75, 3.05) is 13.1 Å². The highest BCUT2D eigenvalue weighted by molar-refractivity contribution is 4.91. The van der Waals surface area contributed by atoms with E-state index in [1.165, 1.54) is 58.0 Å². The summed E-state index contributed by atoms with van der Waals surface area (Å²) in [4.78, 5) is 0. The molecule has 1 heteroatoms. The number of rotatable bonds is 4. The Bertz CT molecular complexity index is 196. The van der Waals surface area contributed by atoms with Gasteiger partial charge in [0.05, 0.1) is 0 Å². The van der Waals surface area contributed by atoms with Crippen LogP contribution in [0, 0.1) is 17.3 Å². The van der Waals surface area contributed by atoms with Gasteiger partial charge in [0.1, 0.15) is 0 Å². The van der Waals surface area contributed by atoms with Crippen LogP contribution in [0.4, 0.5) is 0 Å². The molecule has 88 valence electrons. The fourth-order valence-corrected chi connectivity index (χ4v) is 3.52. The van der Waals surface area contributed by atoms with Gasteiger partial charge in [-0.15, -0.1) is 0 Å². The molecule has 2 rings (SSSR count). The lowest BCUT2D eigenvalue weighted by Crippen LogP contribution is -2.44. The van der Waals surface area contributed by atoms with E-state index < -0.39 is 0 Å². The number of hydrogen-bond acceptors (Lipinski definition) is 1. The molecule has 0 amide bonds. The second-order valence-corrected chi connectivity index (χ2v) is 6.09. The summed E-state index contributed by atoms with van der Waals surface area (Å²) in [7, 11) is 0. The molecule has 2 atom stereocenters. The molecule has 1 saturated carbocycles. The molecule has 0 bridgehead atoms. The van der Waals surface area contributed by atoms with Crippen LogP contribution in [-0.4, -0.2) is 13.1 Å². The van der Waals surface area contributed by atoms with E-state index >= 15 is 0 Å². The third kappa shape index (κ3) is 2.55. The van der Waals surface area contributed by atoms with Gasteiger partial charge in [-0.05, 0) is 49.6 Å². The Morgan fingerprint density at radius 3 is 2.73 bits per heavy atom. The highest BCUT2D eigenvalue weighted by atomic mass is 14.9. The molecule has 1 aliphatic carbocycles. The van der Waals surface area contributed by atoms with Crippen LogP contribution in [0.1, 0.15) is 58.8 Å². The molecule has 0 aromatic carbocycles. The summed E-state index contributed by atoms with van der Waals surface area (Å²) in [6.45, 7) is 7.42. The smallest absolute Gasteiger partial charge is 0.00153 e. The topological polar surface area (TPSA) is 12.0 Å². The van der Waals surface area contributed by atoms with Gasteiger partial charge in [0.2, 0.25) is 0 Å². The van der Waals surface area contributed by atoms with Crippen LogP contribution in [0.5, 0.6) is 0 Å². The van der Waals surface area contributed by atoms with Crippen LogP contribution < -0.4 is 5.32 Å². The van der Waals surface area contributed by atoms with Gasteiger partial charge in [-0.25, -0.2) is 0 Å². The lowest BCUT2D eigenvalue weighted by atomic mass is 9.63. The highest BCUT2D eigenvalue weighted by Gasteiger charge is 2.38. The van der Waals surface area contributed by atoms with Gasteiger partial charge in [-0.2, -0.15) is 0 Å². The Balaban J connectivity index is 1.93. The molecular weight excluding hydrogens is 182 g/mol. The first kappa shape index (κ1) is 11.4. The zero-order valence-corrected chi connectivity index (χ0v) is 10.5. The van der Waals surface area contributed by atoms with Gasteiger partial charge in [0.25, 0.3) is 0 Å². The van der Waals surface area contributed by atoms with Crippen molar-refractivity contribution in [2.24, 2.45) is 17.3 Å². The fraction of sp³-hybridized carbons (Fsp3) is 1.00. The van der Waals surface area contributed by atoms with Crippen molar-refractivity contribution >= 4 is 0 Å². The van der Waals surface area contributed by atoms with Crippen LogP contribution in [-0.2, 0) is 0 Å². The minimum atomic E-state index is 0.659. The Morgan fingerprint density at radius 1 is 1.33 bits per heavy atom. The molecule has 2 aliphatic rings. The molecular formula is C14H27N. The van der Waals surface area contributed by atoms with E-state index in [9.17, 15) is 0 Å². The predicted octanol–water partition coefficient (Wildman–Crippen LogP) is 3.59. The zero-order valence-electron chi connectivity index (χ0n) is 10.5. The number of hydrogen-bond donors (Lipinski definition) is 1. The molecule has 1 aliphatic heterocycles. The second kappa shape index (κ2) is 4.86. The molecule has 2 fully saturated rings. The maximum atomic E-state index is 3.58. The molecule has 1 N–H and O–H groups in total. The van der Waals surface area contributed by atoms with Crippen molar-refractivity contribution in [2.45, 2.75) is 58.8 Å². The quantitative estimate of drug-likeness (QED) is 0.746. The number of nitrogens with one attached hydrogen (secondary N) is 1. The van der Waals surface area contributed by atoms with E-state index in [1.807, 2.05) is 0 Å². The highest BCUT2D eigenvalue weighted by Crippen LogP contribution is 2.46. The molecule has 0 aromatic heterocycles. The van der Waals surface area contributed by atoms with E-state index in [-0.39, 0.29) is 0 Å². The van der Waals surface area contributed by atoms with Gasteiger partial charge in [0.15, 0.2) is 0 Å². The molecule has 0 radical (unpaired) electrons. The van der Waals surface area contributed by atoms with E-state index in [0.717, 1.165) is 11.8 Å². The van der Waals surface area contributed by atoms with Crippen molar-refractivity contribution in [1.29, 1.82) is 0 Å². The first-order valence-electron chi connectivity index (χ1n) is 6.95. The van der Waals surface area contributed by atoms with Crippen LogP contribution in [0.15, 0.2) is 0 Å². The van der Waals surface area contributed by atoms with E-state index in [4.69, 9.17) is 0 Å². The van der Waals surface area contributed by atoms with Crippen molar-refractivity contribution in [3.63, 3.8) is 0 Å². The molecule has 1 saturated heterocycles. The second-order valence-electron chi connectivity index (χ2n) is 6.09. The molecule has 0 spiro atoms. The first-order valence-corrected chi connectivity index (χ1v) is 6.95. The summed E-state index contributed by atoms with van der Waals surface area (Å²) in [5.74, 6) is 2.02. The minimum absolute atomic E-state index is 0.659. The van der Waals surface area contributed by atoms with Gasteiger partial charge in [-0.1, -0.05) is 39.5 Å². The summed E-state index contributed by atoms with van der Waals surface area (Å²) >= 11 is 0. The van der Waals surface area contributed by atoms with Gasteiger partial charge in [0, 0.05) is 0 Å². The summed E-state index contributed by atoms with van der Waals surface area (Å²) in [6.07, 6.45) is 10.2. The molecule has 1 heterocycles. The number of piperidine rings is 1. The summed E-state index contributed by atoms with van der Waals surface area (Å²) in [5, 5.41) is 3.58. The van der Waals surface area contributed by atoms with E-state index in [2.05, 4.69) is 19.2 Å². The molecule has 0 aromatic rings. The van der Waals surface area contributed by atoms with Crippen LogP contribution in [0.25, 0.3) is 0 Å². The van der Waals surface area contributed by atoms with Crippen LogP contribution in [0.2, 0.25) is 0 Å². The summed E-state index contributed by atoms with van der Waals surface area (Å²) < 4.78 is 0. The van der Waals surface area contributed by atoms with Gasteiger partial charge in [-0.3, -0.25) is 0 Å². The normalized spacial score (nSPS) is 37.6. The van der Waals surface area contributed by atoms with Crippen LogP contribution >= 0.6 is 0 Å². The van der Waals surface area contributed by atoms with Crippen molar-refractivity contribution in [1.82, 2.24) is 5.32 Å². The Morgan fingerprint density at radius 2 is 2.13 bits per heavy atom. The van der Waals surface area contributed by atoms with E-state index in [1.54, 1.807) is 0 Å². The maximum Gasteiger partial charge on any atom is -0.00153 e. The van der Waals surface area contributed by atoms with Crippen molar-refractivity contribution < 1.29 is 0 Å². The molecule has 1 nitrogen and oxygen atoms in total. The van der Waals surface area contributed by atoms with Gasteiger partial charge >= 0.3 is 0 Å². The minimum Gasteiger partial charge on any atom is -0.316 e. The van der Waals surface area contributed by atoms with Gasteiger partial charge < -0.3 is 5.32 Å². The Kier molecular flexibility index (Phi) is 3.71. The molecule has 2 unspecified atom stereocenters. The third-order valence-corrected chi connectivity index (χ3v) is 4.87. The standard InChI is InChI=1S/C14H27N/c1-3-5-13-11-15-9-8-14(13,2)10-12-6-4-7-12/h12-13,15H,3-11H2,1-2H3. The third-order valence-electron chi connectivity index (χ3n) is 4.87. The Labute approximate surface area is 95.0 Å². The Hall–Kier alpha value is -0.0400. The van der Waals surface area contributed by atoms with Crippen molar-refractivity contribution in [3.05, 3.63) is 0 Å². The SMILES string of the molecule is CCCC1CNCCC1(C)CC1CCC1.